The smallest absolute Gasteiger partial charge is 0.411 e. The molecule has 1 heterocycles. The summed E-state index contributed by atoms with van der Waals surface area (Å²) in [6.45, 7) is 1.77. The zero-order valence-electron chi connectivity index (χ0n) is 18.0. The lowest BCUT2D eigenvalue weighted by Gasteiger charge is -2.20. The van der Waals surface area contributed by atoms with Crippen molar-refractivity contribution in [3.8, 4) is 0 Å². The zero-order chi connectivity index (χ0) is 24.3. The molecule has 4 N–H and O–H groups in total. The van der Waals surface area contributed by atoms with E-state index in [0.717, 1.165) is 0 Å². The first kappa shape index (κ1) is 24.1. The van der Waals surface area contributed by atoms with Crippen molar-refractivity contribution in [1.82, 2.24) is 16.0 Å². The largest absolute Gasteiger partial charge is 0.446 e. The molecule has 178 valence electrons. The van der Waals surface area contributed by atoms with Gasteiger partial charge in [0.2, 0.25) is 11.7 Å². The van der Waals surface area contributed by atoms with Crippen LogP contribution in [0.3, 0.4) is 0 Å². The highest BCUT2D eigenvalue weighted by Gasteiger charge is 2.36. The number of hydrogen-bond donors (Lipinski definition) is 4. The molecular weight excluding hydrogens is 442 g/mol. The van der Waals surface area contributed by atoms with Crippen molar-refractivity contribution < 1.29 is 37.5 Å². The molecule has 1 aliphatic heterocycles. The summed E-state index contributed by atoms with van der Waals surface area (Å²) in [5, 5.41) is 9.36. The van der Waals surface area contributed by atoms with Gasteiger partial charge in [-0.2, -0.15) is 0 Å². The van der Waals surface area contributed by atoms with E-state index in [-0.39, 0.29) is 30.2 Å². The predicted molar refractivity (Wildman–Crippen MR) is 110 cm³/mol. The van der Waals surface area contributed by atoms with Crippen LogP contribution < -0.4 is 21.3 Å². The molecule has 10 nitrogen and oxygen atoms in total. The normalized spacial score (nSPS) is 20.4. The van der Waals surface area contributed by atoms with Gasteiger partial charge in [-0.1, -0.05) is 0 Å². The summed E-state index contributed by atoms with van der Waals surface area (Å²) in [7, 11) is 1.23. The van der Waals surface area contributed by atoms with Gasteiger partial charge in [0, 0.05) is 25.1 Å². The quantitative estimate of drug-likeness (QED) is 0.421. The number of amides is 4. The van der Waals surface area contributed by atoms with Crippen molar-refractivity contribution in [3.63, 3.8) is 0 Å². The molecule has 1 saturated carbocycles. The molecule has 1 aliphatic carbocycles. The third-order valence-electron chi connectivity index (χ3n) is 5.33. The number of anilines is 1. The molecule has 0 aromatic heterocycles. The van der Waals surface area contributed by atoms with Crippen LogP contribution >= 0.6 is 0 Å². The molecule has 12 heteroatoms. The van der Waals surface area contributed by atoms with E-state index in [0.29, 0.717) is 31.4 Å². The topological polar surface area (TPSA) is 143 Å². The van der Waals surface area contributed by atoms with Crippen LogP contribution in [0, 0.1) is 17.6 Å². The molecule has 1 aromatic rings. The summed E-state index contributed by atoms with van der Waals surface area (Å²) in [5.41, 5.74) is -0.865. The molecule has 1 saturated heterocycles. The Morgan fingerprint density at radius 2 is 1.85 bits per heavy atom. The third kappa shape index (κ3) is 6.02. The van der Waals surface area contributed by atoms with Crippen molar-refractivity contribution in [2.45, 2.75) is 50.8 Å². The second-order valence-corrected chi connectivity index (χ2v) is 8.09. The Morgan fingerprint density at radius 1 is 1.18 bits per heavy atom. The van der Waals surface area contributed by atoms with E-state index in [2.05, 4.69) is 21.3 Å². The number of carbonyl (C=O) groups is 5. The number of ether oxygens (including phenoxy) is 1. The number of likely N-dealkylation sites (N-methyl/N-ethyl adjacent to an activating group) is 1. The summed E-state index contributed by atoms with van der Waals surface area (Å²) < 4.78 is 32.7. The predicted octanol–water partition coefficient (Wildman–Crippen LogP) is 1.00. The Morgan fingerprint density at radius 3 is 2.42 bits per heavy atom. The number of Topliss-reactive ketones (excluding diaryl/α,β-unsaturated/α-hetero) is 1. The highest BCUT2D eigenvalue weighted by atomic mass is 19.2. The van der Waals surface area contributed by atoms with Crippen molar-refractivity contribution in [2.24, 2.45) is 5.92 Å². The Bertz CT molecular complexity index is 997. The van der Waals surface area contributed by atoms with E-state index in [1.807, 2.05) is 0 Å². The molecule has 0 bridgehead atoms. The van der Waals surface area contributed by atoms with E-state index in [9.17, 15) is 32.8 Å². The SMILES string of the molecule is CNC(=O)C(=O)C(C[C@@H]1C[C@@H](C)NC1=O)NC(=O)c1cc(F)c(F)cc1NC(=O)OC1CC1. The van der Waals surface area contributed by atoms with Gasteiger partial charge in [0.1, 0.15) is 6.10 Å². The number of ketones is 1. The van der Waals surface area contributed by atoms with Crippen LogP contribution in [0.2, 0.25) is 0 Å². The molecular formula is C21H24F2N4O6. The summed E-state index contributed by atoms with van der Waals surface area (Å²) in [6.07, 6.45) is 0.334. The highest BCUT2D eigenvalue weighted by Crippen LogP contribution is 2.26. The van der Waals surface area contributed by atoms with E-state index in [1.54, 1.807) is 6.92 Å². The number of halogens is 2. The summed E-state index contributed by atoms with van der Waals surface area (Å²) >= 11 is 0. The molecule has 1 unspecified atom stereocenters. The number of nitrogens with one attached hydrogen (secondary N) is 4. The minimum atomic E-state index is -1.42. The molecule has 33 heavy (non-hydrogen) atoms. The number of benzene rings is 1. The fourth-order valence-corrected chi connectivity index (χ4v) is 3.50. The third-order valence-corrected chi connectivity index (χ3v) is 5.33. The van der Waals surface area contributed by atoms with Crippen LogP contribution in [-0.4, -0.2) is 54.8 Å². The minimum absolute atomic E-state index is 0.145. The number of hydrogen-bond acceptors (Lipinski definition) is 6. The second-order valence-electron chi connectivity index (χ2n) is 8.09. The molecule has 0 radical (unpaired) electrons. The van der Waals surface area contributed by atoms with Crippen LogP contribution in [0.25, 0.3) is 0 Å². The first-order valence-electron chi connectivity index (χ1n) is 10.4. The molecule has 4 amide bonds. The van der Waals surface area contributed by atoms with Crippen LogP contribution in [0.4, 0.5) is 19.3 Å². The average Bonchev–Trinajstić information content (AvgIpc) is 3.51. The lowest BCUT2D eigenvalue weighted by Crippen LogP contribution is -2.48. The first-order valence-corrected chi connectivity index (χ1v) is 10.4. The van der Waals surface area contributed by atoms with Crippen molar-refractivity contribution in [1.29, 1.82) is 0 Å². The van der Waals surface area contributed by atoms with Gasteiger partial charge in [-0.3, -0.25) is 24.5 Å². The van der Waals surface area contributed by atoms with E-state index >= 15 is 0 Å². The first-order chi connectivity index (χ1) is 15.6. The summed E-state index contributed by atoms with van der Waals surface area (Å²) in [6, 6.07) is -0.394. The van der Waals surface area contributed by atoms with Crippen LogP contribution in [0.15, 0.2) is 12.1 Å². The number of rotatable bonds is 8. The second kappa shape index (κ2) is 9.92. The van der Waals surface area contributed by atoms with Crippen LogP contribution in [-0.2, 0) is 19.1 Å². The maximum absolute atomic E-state index is 13.9. The molecule has 2 fully saturated rings. The lowest BCUT2D eigenvalue weighted by atomic mass is 9.93. The number of carbonyl (C=O) groups excluding carboxylic acids is 5. The van der Waals surface area contributed by atoms with Gasteiger partial charge < -0.3 is 20.7 Å². The van der Waals surface area contributed by atoms with Gasteiger partial charge in [-0.05, 0) is 38.7 Å². The lowest BCUT2D eigenvalue weighted by molar-refractivity contribution is -0.139. The maximum atomic E-state index is 13.9. The van der Waals surface area contributed by atoms with Gasteiger partial charge in [0.15, 0.2) is 11.6 Å². The fourth-order valence-electron chi connectivity index (χ4n) is 3.50. The fraction of sp³-hybridized carbons (Fsp3) is 0.476. The molecule has 0 spiro atoms. The zero-order valence-corrected chi connectivity index (χ0v) is 18.0. The Labute approximate surface area is 187 Å². The molecule has 1 aromatic carbocycles. The average molecular weight is 466 g/mol. The summed E-state index contributed by atoms with van der Waals surface area (Å²) in [5.74, 6) is -6.71. The highest BCUT2D eigenvalue weighted by molar-refractivity contribution is 6.38. The van der Waals surface area contributed by atoms with E-state index in [1.165, 1.54) is 7.05 Å². The van der Waals surface area contributed by atoms with Gasteiger partial charge in [-0.15, -0.1) is 0 Å². The van der Waals surface area contributed by atoms with E-state index in [4.69, 9.17) is 4.74 Å². The van der Waals surface area contributed by atoms with Gasteiger partial charge in [0.05, 0.1) is 17.3 Å². The standard InChI is InChI=1S/C21H24F2N4O6/c1-9-5-10(18(29)25-9)6-16(17(28)20(31)24-2)26-19(30)12-7-13(22)14(23)8-15(12)27-21(32)33-11-3-4-11/h7-11,16H,3-6H2,1-2H3,(H,24,31)(H,25,29)(H,26,30)(H,27,32)/t9-,10+,16?/m1/s1. The Hall–Kier alpha value is -3.57. The van der Waals surface area contributed by atoms with Crippen molar-refractivity contribution in [3.05, 3.63) is 29.3 Å². The van der Waals surface area contributed by atoms with Gasteiger partial charge in [-0.25, -0.2) is 13.6 Å². The maximum Gasteiger partial charge on any atom is 0.411 e. The van der Waals surface area contributed by atoms with Gasteiger partial charge in [0.25, 0.3) is 11.8 Å². The Kier molecular flexibility index (Phi) is 7.24. The van der Waals surface area contributed by atoms with Crippen molar-refractivity contribution in [2.75, 3.05) is 12.4 Å². The molecule has 3 atom stereocenters. The monoisotopic (exact) mass is 466 g/mol. The van der Waals surface area contributed by atoms with Crippen LogP contribution in [0.1, 0.15) is 43.0 Å². The van der Waals surface area contributed by atoms with Gasteiger partial charge >= 0.3 is 6.09 Å². The minimum Gasteiger partial charge on any atom is -0.446 e. The van der Waals surface area contributed by atoms with E-state index < -0.39 is 52.8 Å². The summed E-state index contributed by atoms with van der Waals surface area (Å²) in [4.78, 5) is 61.4. The molecule has 2 aliphatic rings. The van der Waals surface area contributed by atoms with Crippen LogP contribution in [0.5, 0.6) is 0 Å². The molecule has 3 rings (SSSR count). The Balaban J connectivity index is 1.83. The van der Waals surface area contributed by atoms with Crippen molar-refractivity contribution >= 4 is 35.3 Å².